The Hall–Kier alpha value is -0.143. The molecule has 1 atom stereocenters. The standard InChI is InChI=1S/C14H25IO3Si/c1-7-19(8-2,9-3)18-13(11(4)5)12(10-15)14(16)17-6/h10,13H,4,7-9H2,1-3,5-6H3/b12-10+. The lowest BCUT2D eigenvalue weighted by Gasteiger charge is -2.34. The predicted molar refractivity (Wildman–Crippen MR) is 91.0 cm³/mol. The van der Waals surface area contributed by atoms with Gasteiger partial charge in [-0.2, -0.15) is 0 Å². The van der Waals surface area contributed by atoms with Gasteiger partial charge in [-0.25, -0.2) is 4.79 Å². The molecule has 0 aromatic rings. The van der Waals surface area contributed by atoms with E-state index in [1.807, 2.05) is 6.92 Å². The number of esters is 1. The van der Waals surface area contributed by atoms with Gasteiger partial charge in [-0.05, 0) is 34.7 Å². The minimum atomic E-state index is -1.79. The molecule has 0 aromatic heterocycles. The van der Waals surface area contributed by atoms with Gasteiger partial charge in [0.1, 0.15) is 0 Å². The highest BCUT2D eigenvalue weighted by Crippen LogP contribution is 2.29. The van der Waals surface area contributed by atoms with Crippen LogP contribution < -0.4 is 0 Å². The highest BCUT2D eigenvalue weighted by molar-refractivity contribution is 14.1. The van der Waals surface area contributed by atoms with Crippen molar-refractivity contribution in [2.45, 2.75) is 51.9 Å². The number of carbonyl (C=O) groups is 1. The molecule has 19 heavy (non-hydrogen) atoms. The molecule has 0 bridgehead atoms. The fraction of sp³-hybridized carbons (Fsp3) is 0.643. The molecule has 0 aliphatic rings. The van der Waals surface area contributed by atoms with Crippen molar-refractivity contribution in [3.8, 4) is 0 Å². The monoisotopic (exact) mass is 396 g/mol. The van der Waals surface area contributed by atoms with Crippen molar-refractivity contribution in [3.05, 3.63) is 21.8 Å². The minimum absolute atomic E-state index is 0.339. The number of methoxy groups -OCH3 is 1. The first-order chi connectivity index (χ1) is 8.91. The summed E-state index contributed by atoms with van der Waals surface area (Å²) in [7, 11) is -0.403. The maximum absolute atomic E-state index is 11.8. The first-order valence-electron chi connectivity index (χ1n) is 6.63. The molecule has 0 saturated carbocycles. The van der Waals surface area contributed by atoms with Gasteiger partial charge in [-0.1, -0.05) is 49.9 Å². The molecular weight excluding hydrogens is 371 g/mol. The van der Waals surface area contributed by atoms with Crippen LogP contribution in [0.1, 0.15) is 27.7 Å². The van der Waals surface area contributed by atoms with Crippen LogP contribution in [-0.2, 0) is 14.0 Å². The number of ether oxygens (including phenoxy) is 1. The molecule has 110 valence electrons. The Kier molecular flexibility index (Phi) is 8.85. The highest BCUT2D eigenvalue weighted by Gasteiger charge is 2.35. The molecule has 0 amide bonds. The number of rotatable bonds is 8. The van der Waals surface area contributed by atoms with Gasteiger partial charge in [-0.3, -0.25) is 0 Å². The van der Waals surface area contributed by atoms with Crippen LogP contribution in [0.2, 0.25) is 18.1 Å². The van der Waals surface area contributed by atoms with Crippen molar-refractivity contribution in [2.24, 2.45) is 0 Å². The van der Waals surface area contributed by atoms with Crippen molar-refractivity contribution < 1.29 is 14.0 Å². The molecular formula is C14H25IO3Si. The summed E-state index contributed by atoms with van der Waals surface area (Å²) in [6.07, 6.45) is -0.351. The van der Waals surface area contributed by atoms with Crippen molar-refractivity contribution in [1.29, 1.82) is 0 Å². The molecule has 0 spiro atoms. The van der Waals surface area contributed by atoms with Crippen LogP contribution in [0.4, 0.5) is 0 Å². The molecule has 0 fully saturated rings. The SMILES string of the molecule is C=C(C)C(O[Si](CC)(CC)CC)/C(=C\I)C(=O)OC. The average molecular weight is 396 g/mol. The van der Waals surface area contributed by atoms with Crippen LogP contribution in [0, 0.1) is 0 Å². The first kappa shape index (κ1) is 18.9. The second kappa shape index (κ2) is 8.92. The Bertz CT molecular complexity index is 340. The summed E-state index contributed by atoms with van der Waals surface area (Å²) in [6.45, 7) is 12.4. The highest BCUT2D eigenvalue weighted by atomic mass is 127. The normalized spacial score (nSPS) is 14.1. The van der Waals surface area contributed by atoms with E-state index < -0.39 is 8.32 Å². The van der Waals surface area contributed by atoms with E-state index in [0.29, 0.717) is 5.57 Å². The fourth-order valence-corrected chi connectivity index (χ4v) is 5.42. The zero-order chi connectivity index (χ0) is 15.1. The average Bonchev–Trinajstić information content (AvgIpc) is 2.43. The topological polar surface area (TPSA) is 35.5 Å². The largest absolute Gasteiger partial charge is 0.466 e. The molecule has 0 N–H and O–H groups in total. The van der Waals surface area contributed by atoms with Crippen LogP contribution in [0.5, 0.6) is 0 Å². The number of hydrogen-bond donors (Lipinski definition) is 0. The third kappa shape index (κ3) is 5.04. The number of carbonyl (C=O) groups excluding carboxylic acids is 1. The van der Waals surface area contributed by atoms with Crippen molar-refractivity contribution in [3.63, 3.8) is 0 Å². The van der Waals surface area contributed by atoms with Crippen LogP contribution in [0.15, 0.2) is 21.8 Å². The van der Waals surface area contributed by atoms with Gasteiger partial charge >= 0.3 is 5.97 Å². The van der Waals surface area contributed by atoms with Crippen LogP contribution in [0.25, 0.3) is 0 Å². The van der Waals surface area contributed by atoms with E-state index in [9.17, 15) is 4.79 Å². The zero-order valence-electron chi connectivity index (χ0n) is 12.6. The van der Waals surface area contributed by atoms with Crippen molar-refractivity contribution in [2.75, 3.05) is 7.11 Å². The third-order valence-corrected chi connectivity index (χ3v) is 8.84. The van der Waals surface area contributed by atoms with Gasteiger partial charge in [0, 0.05) is 0 Å². The lowest BCUT2D eigenvalue weighted by Crippen LogP contribution is -2.42. The number of hydrogen-bond acceptors (Lipinski definition) is 3. The van der Waals surface area contributed by atoms with Gasteiger partial charge in [0.05, 0.1) is 18.8 Å². The molecule has 0 rings (SSSR count). The Morgan fingerprint density at radius 2 is 1.79 bits per heavy atom. The first-order valence-corrected chi connectivity index (χ1v) is 10.4. The minimum Gasteiger partial charge on any atom is -0.466 e. The quantitative estimate of drug-likeness (QED) is 0.200. The third-order valence-electron chi connectivity index (χ3n) is 3.57. The molecule has 0 heterocycles. The van der Waals surface area contributed by atoms with Crippen molar-refractivity contribution in [1.82, 2.24) is 0 Å². The zero-order valence-corrected chi connectivity index (χ0v) is 15.7. The van der Waals surface area contributed by atoms with E-state index in [0.717, 1.165) is 23.7 Å². The summed E-state index contributed by atoms with van der Waals surface area (Å²) in [5.74, 6) is -0.339. The van der Waals surface area contributed by atoms with E-state index >= 15 is 0 Å². The summed E-state index contributed by atoms with van der Waals surface area (Å²) >= 11 is 2.06. The predicted octanol–water partition coefficient (Wildman–Crippen LogP) is 4.44. The fourth-order valence-electron chi connectivity index (χ4n) is 2.01. The summed E-state index contributed by atoms with van der Waals surface area (Å²) in [4.78, 5) is 11.8. The Morgan fingerprint density at radius 3 is 2.05 bits per heavy atom. The van der Waals surface area contributed by atoms with Crippen LogP contribution in [0.3, 0.4) is 0 Å². The summed E-state index contributed by atoms with van der Waals surface area (Å²) in [5.41, 5.74) is 1.39. The summed E-state index contributed by atoms with van der Waals surface area (Å²) < 4.78 is 13.0. The second-order valence-electron chi connectivity index (χ2n) is 4.64. The molecule has 0 aliphatic carbocycles. The maximum Gasteiger partial charge on any atom is 0.337 e. The van der Waals surface area contributed by atoms with Gasteiger partial charge in [-0.15, -0.1) is 0 Å². The number of halogens is 1. The van der Waals surface area contributed by atoms with E-state index in [-0.39, 0.29) is 12.1 Å². The van der Waals surface area contributed by atoms with Gasteiger partial charge in [0.2, 0.25) is 0 Å². The summed E-state index contributed by atoms with van der Waals surface area (Å²) in [5, 5.41) is 0. The van der Waals surface area contributed by atoms with Gasteiger partial charge in [0.25, 0.3) is 0 Å². The van der Waals surface area contributed by atoms with Crippen LogP contribution in [-0.4, -0.2) is 27.5 Å². The van der Waals surface area contributed by atoms with E-state index in [1.54, 1.807) is 4.08 Å². The Labute approximate surface area is 131 Å². The molecule has 1 unspecified atom stereocenters. The molecule has 3 nitrogen and oxygen atoms in total. The molecule has 0 radical (unpaired) electrons. The maximum atomic E-state index is 11.8. The van der Waals surface area contributed by atoms with E-state index in [2.05, 4.69) is 49.9 Å². The molecule has 0 saturated heterocycles. The lowest BCUT2D eigenvalue weighted by atomic mass is 10.1. The summed E-state index contributed by atoms with van der Waals surface area (Å²) in [6, 6.07) is 3.12. The van der Waals surface area contributed by atoms with Gasteiger partial charge < -0.3 is 9.16 Å². The van der Waals surface area contributed by atoms with E-state index in [1.165, 1.54) is 7.11 Å². The molecule has 0 aromatic carbocycles. The van der Waals surface area contributed by atoms with E-state index in [4.69, 9.17) is 9.16 Å². The lowest BCUT2D eigenvalue weighted by molar-refractivity contribution is -0.136. The smallest absolute Gasteiger partial charge is 0.337 e. The molecule has 0 aliphatic heterocycles. The second-order valence-corrected chi connectivity index (χ2v) is 9.99. The Balaban J connectivity index is 5.34. The van der Waals surface area contributed by atoms with Crippen LogP contribution >= 0.6 is 22.6 Å². The van der Waals surface area contributed by atoms with Gasteiger partial charge in [0.15, 0.2) is 8.32 Å². The Morgan fingerprint density at radius 1 is 1.32 bits per heavy atom. The molecule has 5 heteroatoms. The van der Waals surface area contributed by atoms with Crippen molar-refractivity contribution >= 4 is 36.9 Å².